The van der Waals surface area contributed by atoms with Crippen LogP contribution in [0.5, 0.6) is 0 Å². The molecule has 0 heterocycles. The Morgan fingerprint density at radius 2 is 1.65 bits per heavy atom. The van der Waals surface area contributed by atoms with E-state index in [1.807, 2.05) is 24.3 Å². The second-order valence-electron chi connectivity index (χ2n) is 5.42. The molecule has 0 spiro atoms. The van der Waals surface area contributed by atoms with E-state index in [0.29, 0.717) is 12.8 Å². The van der Waals surface area contributed by atoms with Crippen molar-refractivity contribution in [3.05, 3.63) is 40.9 Å². The highest BCUT2D eigenvalue weighted by Gasteiger charge is 2.34. The van der Waals surface area contributed by atoms with Gasteiger partial charge in [0.05, 0.1) is 0 Å². The number of hydrogen-bond acceptors (Lipinski definition) is 1. The van der Waals surface area contributed by atoms with E-state index in [-0.39, 0.29) is 18.9 Å². The van der Waals surface area contributed by atoms with Gasteiger partial charge >= 0.3 is 0 Å². The molecule has 1 fully saturated rings. The summed E-state index contributed by atoms with van der Waals surface area (Å²) in [6, 6.07) is 12.3. The van der Waals surface area contributed by atoms with Gasteiger partial charge in [-0.3, -0.25) is 0 Å². The van der Waals surface area contributed by atoms with Gasteiger partial charge in [-0.2, -0.15) is 0 Å². The van der Waals surface area contributed by atoms with Gasteiger partial charge in [0, 0.05) is 34.4 Å². The summed E-state index contributed by atoms with van der Waals surface area (Å²) in [4.78, 5) is 0. The Hall–Kier alpha value is -1.16. The first kappa shape index (κ1) is 13.8. The lowest BCUT2D eigenvalue weighted by Crippen LogP contribution is -2.32. The average molecular weight is 340 g/mol. The number of fused-ring (bicyclic) bond motifs is 1. The highest BCUT2D eigenvalue weighted by Crippen LogP contribution is 2.36. The fraction of sp³-hybridized carbons (Fsp3) is 0.375. The lowest BCUT2D eigenvalue weighted by Gasteiger charge is -2.29. The predicted octanol–water partition coefficient (Wildman–Crippen LogP) is 5.59. The van der Waals surface area contributed by atoms with Crippen molar-refractivity contribution in [1.29, 1.82) is 0 Å². The second-order valence-corrected chi connectivity index (χ2v) is 6.27. The van der Waals surface area contributed by atoms with Gasteiger partial charge in [-0.15, -0.1) is 0 Å². The summed E-state index contributed by atoms with van der Waals surface area (Å²) in [5, 5.41) is 5.70. The molecule has 1 aliphatic rings. The summed E-state index contributed by atoms with van der Waals surface area (Å²) < 4.78 is 27.4. The molecule has 106 valence electrons. The summed E-state index contributed by atoms with van der Waals surface area (Å²) in [7, 11) is 0. The maximum Gasteiger partial charge on any atom is 0.248 e. The van der Waals surface area contributed by atoms with Gasteiger partial charge in [0.15, 0.2) is 0 Å². The molecule has 4 heteroatoms. The van der Waals surface area contributed by atoms with Crippen LogP contribution in [0.25, 0.3) is 10.8 Å². The zero-order valence-electron chi connectivity index (χ0n) is 11.0. The molecule has 2 aromatic carbocycles. The molecule has 0 unspecified atom stereocenters. The summed E-state index contributed by atoms with van der Waals surface area (Å²) in [6.07, 6.45) is 1.02. The van der Waals surface area contributed by atoms with E-state index >= 15 is 0 Å². The number of anilines is 1. The Labute approximate surface area is 125 Å². The van der Waals surface area contributed by atoms with Crippen molar-refractivity contribution in [2.75, 3.05) is 5.32 Å². The topological polar surface area (TPSA) is 12.0 Å². The Kier molecular flexibility index (Phi) is 3.67. The minimum absolute atomic E-state index is 0.0148. The normalized spacial score (nSPS) is 19.1. The van der Waals surface area contributed by atoms with Crippen LogP contribution in [0.1, 0.15) is 25.7 Å². The van der Waals surface area contributed by atoms with E-state index < -0.39 is 5.92 Å². The zero-order valence-corrected chi connectivity index (χ0v) is 12.6. The molecule has 0 atom stereocenters. The number of benzene rings is 2. The van der Waals surface area contributed by atoms with Crippen molar-refractivity contribution < 1.29 is 8.78 Å². The molecule has 0 aromatic heterocycles. The second kappa shape index (κ2) is 5.32. The van der Waals surface area contributed by atoms with E-state index in [1.54, 1.807) is 0 Å². The third-order valence-electron chi connectivity index (χ3n) is 3.95. The van der Waals surface area contributed by atoms with Crippen molar-refractivity contribution in [1.82, 2.24) is 0 Å². The van der Waals surface area contributed by atoms with Crippen LogP contribution in [0.3, 0.4) is 0 Å². The minimum Gasteiger partial charge on any atom is -0.382 e. The summed E-state index contributed by atoms with van der Waals surface area (Å²) >= 11 is 3.54. The van der Waals surface area contributed by atoms with Gasteiger partial charge in [0.25, 0.3) is 0 Å². The van der Waals surface area contributed by atoms with E-state index in [1.165, 1.54) is 0 Å². The third-order valence-corrected chi connectivity index (χ3v) is 4.64. The molecule has 0 amide bonds. The Balaban J connectivity index is 1.83. The first-order valence-corrected chi connectivity index (χ1v) is 7.66. The van der Waals surface area contributed by atoms with Gasteiger partial charge in [0.1, 0.15) is 0 Å². The first-order valence-electron chi connectivity index (χ1n) is 6.87. The lowest BCUT2D eigenvalue weighted by molar-refractivity contribution is -0.0360. The molecule has 0 saturated heterocycles. The van der Waals surface area contributed by atoms with Crippen LogP contribution in [0.15, 0.2) is 40.9 Å². The maximum absolute atomic E-state index is 13.2. The highest BCUT2D eigenvalue weighted by molar-refractivity contribution is 9.10. The van der Waals surface area contributed by atoms with Crippen molar-refractivity contribution in [3.63, 3.8) is 0 Å². The fourth-order valence-corrected chi connectivity index (χ4v) is 3.30. The third kappa shape index (κ3) is 2.80. The number of rotatable bonds is 2. The minimum atomic E-state index is -2.47. The largest absolute Gasteiger partial charge is 0.382 e. The molecule has 0 radical (unpaired) electrons. The molecule has 1 nitrogen and oxygen atoms in total. The van der Waals surface area contributed by atoms with Gasteiger partial charge in [0.2, 0.25) is 5.92 Å². The van der Waals surface area contributed by atoms with Gasteiger partial charge < -0.3 is 5.32 Å². The van der Waals surface area contributed by atoms with Gasteiger partial charge in [-0.1, -0.05) is 40.2 Å². The number of nitrogens with one attached hydrogen (secondary N) is 1. The maximum atomic E-state index is 13.2. The van der Waals surface area contributed by atoms with Crippen LogP contribution in [0, 0.1) is 0 Å². The summed E-state index contributed by atoms with van der Waals surface area (Å²) in [6.45, 7) is 0. The standard InChI is InChI=1S/C16H16BrF2N/c17-14-5-1-4-13-12(14)3-2-6-15(13)20-11-7-9-16(18,19)10-8-11/h1-6,11,20H,7-10H2. The molecule has 1 N–H and O–H groups in total. The number of alkyl halides is 2. The van der Waals surface area contributed by atoms with Crippen LogP contribution in [-0.4, -0.2) is 12.0 Å². The Bertz CT molecular complexity index is 617. The van der Waals surface area contributed by atoms with Crippen molar-refractivity contribution in [3.8, 4) is 0 Å². The van der Waals surface area contributed by atoms with Crippen LogP contribution < -0.4 is 5.32 Å². The molecule has 20 heavy (non-hydrogen) atoms. The molecule has 0 bridgehead atoms. The molecular formula is C16H16BrF2N. The zero-order chi connectivity index (χ0) is 14.2. The smallest absolute Gasteiger partial charge is 0.248 e. The average Bonchev–Trinajstić information content (AvgIpc) is 2.42. The van der Waals surface area contributed by atoms with Gasteiger partial charge in [-0.25, -0.2) is 8.78 Å². The predicted molar refractivity (Wildman–Crippen MR) is 82.5 cm³/mol. The molecule has 1 aliphatic carbocycles. The summed E-state index contributed by atoms with van der Waals surface area (Å²) in [5.74, 6) is -2.47. The first-order chi connectivity index (χ1) is 9.55. The molecule has 3 rings (SSSR count). The highest BCUT2D eigenvalue weighted by atomic mass is 79.9. The molecule has 1 saturated carbocycles. The van der Waals surface area contributed by atoms with Crippen LogP contribution in [-0.2, 0) is 0 Å². The lowest BCUT2D eigenvalue weighted by atomic mass is 9.92. The Morgan fingerprint density at radius 3 is 2.40 bits per heavy atom. The van der Waals surface area contributed by atoms with E-state index in [2.05, 4.69) is 33.4 Å². The SMILES string of the molecule is FC1(F)CCC(Nc2cccc3c(Br)cccc23)CC1. The van der Waals surface area contributed by atoms with E-state index in [4.69, 9.17) is 0 Å². The molecular weight excluding hydrogens is 324 g/mol. The van der Waals surface area contributed by atoms with Crippen LogP contribution >= 0.6 is 15.9 Å². The summed E-state index contributed by atoms with van der Waals surface area (Å²) in [5.41, 5.74) is 1.03. The van der Waals surface area contributed by atoms with Crippen LogP contribution in [0.2, 0.25) is 0 Å². The Morgan fingerprint density at radius 1 is 1.00 bits per heavy atom. The van der Waals surface area contributed by atoms with Gasteiger partial charge in [-0.05, 0) is 30.4 Å². The monoisotopic (exact) mass is 339 g/mol. The van der Waals surface area contributed by atoms with Crippen molar-refractivity contribution >= 4 is 32.4 Å². The fourth-order valence-electron chi connectivity index (χ4n) is 2.80. The van der Waals surface area contributed by atoms with E-state index in [0.717, 1.165) is 20.9 Å². The van der Waals surface area contributed by atoms with Crippen molar-refractivity contribution in [2.45, 2.75) is 37.6 Å². The number of halogens is 3. The molecule has 2 aromatic rings. The quantitative estimate of drug-likeness (QED) is 0.751. The van der Waals surface area contributed by atoms with Crippen molar-refractivity contribution in [2.24, 2.45) is 0 Å². The number of hydrogen-bond donors (Lipinski definition) is 1. The van der Waals surface area contributed by atoms with E-state index in [9.17, 15) is 8.78 Å². The molecule has 0 aliphatic heterocycles. The van der Waals surface area contributed by atoms with Crippen LogP contribution in [0.4, 0.5) is 14.5 Å².